The fraction of sp³-hybridized carbons (Fsp3) is 0.412. The Labute approximate surface area is 128 Å². The fourth-order valence-corrected chi connectivity index (χ4v) is 3.75. The number of ether oxygens (including phenoxy) is 2. The Bertz CT molecular complexity index is 591. The Balaban J connectivity index is 1.94. The molecule has 0 radical (unpaired) electrons. The van der Waals surface area contributed by atoms with Crippen molar-refractivity contribution in [2.75, 3.05) is 13.7 Å². The predicted octanol–water partition coefficient (Wildman–Crippen LogP) is 4.85. The molecule has 3 rings (SSSR count). The zero-order valence-electron chi connectivity index (χ0n) is 11.6. The smallest absolute Gasteiger partial charge is 0.126 e. The summed E-state index contributed by atoms with van der Waals surface area (Å²) < 4.78 is 11.2. The first-order valence-corrected chi connectivity index (χ1v) is 8.02. The van der Waals surface area contributed by atoms with Crippen molar-refractivity contribution in [3.8, 4) is 5.75 Å². The van der Waals surface area contributed by atoms with Crippen LogP contribution in [0.15, 0.2) is 36.4 Å². The summed E-state index contributed by atoms with van der Waals surface area (Å²) in [5, 5.41) is 2.43. The molecule has 0 aliphatic carbocycles. The molecule has 1 aliphatic heterocycles. The van der Waals surface area contributed by atoms with Crippen molar-refractivity contribution in [2.45, 2.75) is 30.2 Å². The van der Waals surface area contributed by atoms with E-state index in [1.807, 2.05) is 0 Å². The monoisotopic (exact) mass is 334 g/mol. The number of hydrogen-bond donors (Lipinski definition) is 0. The lowest BCUT2D eigenvalue weighted by Gasteiger charge is -2.18. The van der Waals surface area contributed by atoms with Gasteiger partial charge in [-0.05, 0) is 36.3 Å². The molecule has 1 aliphatic rings. The third kappa shape index (κ3) is 2.70. The van der Waals surface area contributed by atoms with Crippen molar-refractivity contribution in [3.63, 3.8) is 0 Å². The van der Waals surface area contributed by atoms with Crippen molar-refractivity contribution in [3.05, 3.63) is 42.0 Å². The summed E-state index contributed by atoms with van der Waals surface area (Å²) in [4.78, 5) is 0.321. The minimum Gasteiger partial charge on any atom is -0.496 e. The first kappa shape index (κ1) is 13.9. The van der Waals surface area contributed by atoms with E-state index in [2.05, 4.69) is 52.3 Å². The van der Waals surface area contributed by atoms with Crippen molar-refractivity contribution in [1.29, 1.82) is 0 Å². The molecule has 2 aromatic carbocycles. The Kier molecular flexibility index (Phi) is 4.27. The van der Waals surface area contributed by atoms with E-state index in [1.54, 1.807) is 7.11 Å². The van der Waals surface area contributed by atoms with E-state index < -0.39 is 0 Å². The van der Waals surface area contributed by atoms with Gasteiger partial charge in [-0.15, -0.1) is 0 Å². The van der Waals surface area contributed by atoms with E-state index in [0.717, 1.165) is 18.8 Å². The van der Waals surface area contributed by atoms with Gasteiger partial charge in [-0.25, -0.2) is 0 Å². The normalized spacial score (nSPS) is 20.2. The summed E-state index contributed by atoms with van der Waals surface area (Å²) in [6.07, 6.45) is 3.78. The highest BCUT2D eigenvalue weighted by atomic mass is 79.9. The predicted molar refractivity (Wildman–Crippen MR) is 85.8 cm³/mol. The quantitative estimate of drug-likeness (QED) is 0.744. The lowest BCUT2D eigenvalue weighted by atomic mass is 9.98. The average molecular weight is 335 g/mol. The highest BCUT2D eigenvalue weighted by Gasteiger charge is 2.21. The molecule has 2 atom stereocenters. The van der Waals surface area contributed by atoms with E-state index in [-0.39, 0.29) is 0 Å². The standard InChI is InChI=1S/C17H19BrO2/c1-19-17-9-8-14(13-6-2-3-7-15(13)17)16(18)11-12-5-4-10-20-12/h2-3,6-9,12,16H,4-5,10-11H2,1H3. The van der Waals surface area contributed by atoms with E-state index in [1.165, 1.54) is 29.2 Å². The second-order valence-corrected chi connectivity index (χ2v) is 6.35. The van der Waals surface area contributed by atoms with Gasteiger partial charge in [0.1, 0.15) is 5.75 Å². The van der Waals surface area contributed by atoms with Crippen LogP contribution in [0, 0.1) is 0 Å². The lowest BCUT2D eigenvalue weighted by molar-refractivity contribution is 0.104. The summed E-state index contributed by atoms with van der Waals surface area (Å²) in [7, 11) is 1.72. The van der Waals surface area contributed by atoms with E-state index in [0.29, 0.717) is 10.9 Å². The number of benzene rings is 2. The molecule has 20 heavy (non-hydrogen) atoms. The van der Waals surface area contributed by atoms with Crippen LogP contribution in [-0.2, 0) is 4.74 Å². The minimum atomic E-state index is 0.321. The van der Waals surface area contributed by atoms with E-state index in [4.69, 9.17) is 9.47 Å². The molecule has 1 fully saturated rings. The van der Waals surface area contributed by atoms with Crippen LogP contribution in [-0.4, -0.2) is 19.8 Å². The van der Waals surface area contributed by atoms with Crippen LogP contribution in [0.5, 0.6) is 5.75 Å². The molecule has 0 bridgehead atoms. The average Bonchev–Trinajstić information content (AvgIpc) is 2.99. The fourth-order valence-electron chi connectivity index (χ4n) is 2.93. The maximum atomic E-state index is 5.75. The number of methoxy groups -OCH3 is 1. The van der Waals surface area contributed by atoms with Crippen LogP contribution in [0.4, 0.5) is 0 Å². The van der Waals surface area contributed by atoms with Gasteiger partial charge in [0.05, 0.1) is 13.2 Å². The summed E-state index contributed by atoms with van der Waals surface area (Å²) in [5.41, 5.74) is 1.32. The van der Waals surface area contributed by atoms with Crippen LogP contribution >= 0.6 is 15.9 Å². The molecule has 0 N–H and O–H groups in total. The molecule has 2 aromatic rings. The zero-order valence-corrected chi connectivity index (χ0v) is 13.2. The van der Waals surface area contributed by atoms with Gasteiger partial charge in [0.2, 0.25) is 0 Å². The van der Waals surface area contributed by atoms with Gasteiger partial charge in [0.15, 0.2) is 0 Å². The van der Waals surface area contributed by atoms with Crippen LogP contribution in [0.25, 0.3) is 10.8 Å². The zero-order chi connectivity index (χ0) is 13.9. The summed E-state index contributed by atoms with van der Waals surface area (Å²) in [5.74, 6) is 0.932. The summed E-state index contributed by atoms with van der Waals surface area (Å²) >= 11 is 3.84. The second-order valence-electron chi connectivity index (χ2n) is 5.24. The van der Waals surface area contributed by atoms with Crippen molar-refractivity contribution in [1.82, 2.24) is 0 Å². The molecular formula is C17H19BrO2. The molecule has 2 unspecified atom stereocenters. The first-order chi connectivity index (χ1) is 9.79. The Morgan fingerprint density at radius 2 is 2.05 bits per heavy atom. The molecule has 1 heterocycles. The maximum Gasteiger partial charge on any atom is 0.126 e. The number of hydrogen-bond acceptors (Lipinski definition) is 2. The largest absolute Gasteiger partial charge is 0.496 e. The molecule has 0 saturated carbocycles. The molecule has 3 heteroatoms. The molecular weight excluding hydrogens is 316 g/mol. The summed E-state index contributed by atoms with van der Waals surface area (Å²) in [6, 6.07) is 12.6. The van der Waals surface area contributed by atoms with Gasteiger partial charge in [-0.2, -0.15) is 0 Å². The topological polar surface area (TPSA) is 18.5 Å². The van der Waals surface area contributed by atoms with E-state index >= 15 is 0 Å². The number of alkyl halides is 1. The Morgan fingerprint density at radius 1 is 1.25 bits per heavy atom. The molecule has 2 nitrogen and oxygen atoms in total. The Hall–Kier alpha value is -1.06. The Morgan fingerprint density at radius 3 is 2.75 bits per heavy atom. The lowest BCUT2D eigenvalue weighted by Crippen LogP contribution is -2.08. The van der Waals surface area contributed by atoms with Crippen LogP contribution in [0.1, 0.15) is 29.7 Å². The highest BCUT2D eigenvalue weighted by molar-refractivity contribution is 9.09. The number of halogens is 1. The van der Waals surface area contributed by atoms with E-state index in [9.17, 15) is 0 Å². The van der Waals surface area contributed by atoms with Gasteiger partial charge in [-0.1, -0.05) is 46.3 Å². The second kappa shape index (κ2) is 6.15. The third-order valence-corrected chi connectivity index (χ3v) is 4.84. The van der Waals surface area contributed by atoms with Gasteiger partial charge in [0, 0.05) is 16.8 Å². The molecule has 0 aromatic heterocycles. The van der Waals surface area contributed by atoms with Gasteiger partial charge in [-0.3, -0.25) is 0 Å². The van der Waals surface area contributed by atoms with Crippen LogP contribution in [0.2, 0.25) is 0 Å². The van der Waals surface area contributed by atoms with Crippen molar-refractivity contribution < 1.29 is 9.47 Å². The molecule has 0 amide bonds. The minimum absolute atomic E-state index is 0.321. The van der Waals surface area contributed by atoms with Crippen LogP contribution < -0.4 is 4.74 Å². The highest BCUT2D eigenvalue weighted by Crippen LogP contribution is 2.38. The van der Waals surface area contributed by atoms with Crippen LogP contribution in [0.3, 0.4) is 0 Å². The number of rotatable bonds is 4. The van der Waals surface area contributed by atoms with Crippen molar-refractivity contribution >= 4 is 26.7 Å². The summed E-state index contributed by atoms with van der Waals surface area (Å²) in [6.45, 7) is 0.910. The third-order valence-electron chi connectivity index (χ3n) is 3.97. The van der Waals surface area contributed by atoms with Gasteiger partial charge in [0.25, 0.3) is 0 Å². The number of fused-ring (bicyclic) bond motifs is 1. The van der Waals surface area contributed by atoms with Gasteiger partial charge < -0.3 is 9.47 Å². The van der Waals surface area contributed by atoms with Gasteiger partial charge >= 0.3 is 0 Å². The maximum absolute atomic E-state index is 5.75. The SMILES string of the molecule is COc1ccc(C(Br)CC2CCCO2)c2ccccc12. The van der Waals surface area contributed by atoms with Crippen molar-refractivity contribution in [2.24, 2.45) is 0 Å². The molecule has 1 saturated heterocycles. The molecule has 0 spiro atoms. The first-order valence-electron chi connectivity index (χ1n) is 7.11. The molecule has 106 valence electrons.